The maximum atomic E-state index is 10.7. The van der Waals surface area contributed by atoms with Gasteiger partial charge in [-0.25, -0.2) is 4.79 Å². The Balaban J connectivity index is 2.77. The SMILES string of the molecule is CCC(C)(C)Cc1ccc(C(=O)O)cc1. The summed E-state index contributed by atoms with van der Waals surface area (Å²) in [6.45, 7) is 6.61. The zero-order chi connectivity index (χ0) is 11.5. The Bertz CT molecular complexity index is 336. The van der Waals surface area contributed by atoms with Crippen molar-refractivity contribution in [3.8, 4) is 0 Å². The third kappa shape index (κ3) is 3.39. The highest BCUT2D eigenvalue weighted by molar-refractivity contribution is 5.87. The standard InChI is InChI=1S/C13H18O2/c1-4-13(2,3)9-10-5-7-11(8-6-10)12(14)15/h5-8H,4,9H2,1-3H3,(H,14,15). The number of rotatable bonds is 4. The first-order valence-corrected chi connectivity index (χ1v) is 5.27. The Labute approximate surface area is 90.9 Å². The van der Waals surface area contributed by atoms with Gasteiger partial charge in [0, 0.05) is 0 Å². The smallest absolute Gasteiger partial charge is 0.335 e. The predicted octanol–water partition coefficient (Wildman–Crippen LogP) is 3.36. The molecule has 0 atom stereocenters. The molecule has 0 aliphatic heterocycles. The van der Waals surface area contributed by atoms with E-state index in [0.717, 1.165) is 12.8 Å². The number of carbonyl (C=O) groups is 1. The third-order valence-corrected chi connectivity index (χ3v) is 2.84. The summed E-state index contributed by atoms with van der Waals surface area (Å²) in [5.74, 6) is -0.865. The molecule has 1 aromatic rings. The largest absolute Gasteiger partial charge is 0.478 e. The Hall–Kier alpha value is -1.31. The molecule has 82 valence electrons. The van der Waals surface area contributed by atoms with Crippen LogP contribution in [-0.4, -0.2) is 11.1 Å². The molecule has 0 fully saturated rings. The van der Waals surface area contributed by atoms with Crippen molar-refractivity contribution in [3.63, 3.8) is 0 Å². The molecule has 0 aliphatic rings. The highest BCUT2D eigenvalue weighted by Crippen LogP contribution is 2.25. The molecule has 0 bridgehead atoms. The average molecular weight is 206 g/mol. The van der Waals surface area contributed by atoms with Crippen LogP contribution in [0.4, 0.5) is 0 Å². The molecule has 0 aliphatic carbocycles. The van der Waals surface area contributed by atoms with Crippen molar-refractivity contribution in [2.45, 2.75) is 33.6 Å². The lowest BCUT2D eigenvalue weighted by Gasteiger charge is -2.22. The van der Waals surface area contributed by atoms with Crippen molar-refractivity contribution in [1.29, 1.82) is 0 Å². The van der Waals surface area contributed by atoms with E-state index in [2.05, 4.69) is 20.8 Å². The van der Waals surface area contributed by atoms with Gasteiger partial charge in [-0.05, 0) is 29.5 Å². The van der Waals surface area contributed by atoms with E-state index in [9.17, 15) is 4.79 Å². The molecular formula is C13H18O2. The van der Waals surface area contributed by atoms with Crippen LogP contribution in [-0.2, 0) is 6.42 Å². The van der Waals surface area contributed by atoms with Gasteiger partial charge in [-0.1, -0.05) is 39.3 Å². The number of aromatic carboxylic acids is 1. The quantitative estimate of drug-likeness (QED) is 0.820. The Morgan fingerprint density at radius 1 is 1.27 bits per heavy atom. The summed E-state index contributed by atoms with van der Waals surface area (Å²) < 4.78 is 0. The fourth-order valence-corrected chi connectivity index (χ4v) is 1.44. The lowest BCUT2D eigenvalue weighted by molar-refractivity contribution is 0.0697. The van der Waals surface area contributed by atoms with Crippen LogP contribution in [0.2, 0.25) is 0 Å². The van der Waals surface area contributed by atoms with Crippen LogP contribution in [0.15, 0.2) is 24.3 Å². The first kappa shape index (κ1) is 11.8. The van der Waals surface area contributed by atoms with Crippen LogP contribution in [0.1, 0.15) is 43.1 Å². The minimum atomic E-state index is -0.865. The molecule has 1 N–H and O–H groups in total. The second-order valence-electron chi connectivity index (χ2n) is 4.70. The van der Waals surface area contributed by atoms with E-state index < -0.39 is 5.97 Å². The molecule has 0 radical (unpaired) electrons. The van der Waals surface area contributed by atoms with Gasteiger partial charge in [0.1, 0.15) is 0 Å². The molecule has 0 spiro atoms. The minimum Gasteiger partial charge on any atom is -0.478 e. The number of hydrogen-bond donors (Lipinski definition) is 1. The van der Waals surface area contributed by atoms with Crippen molar-refractivity contribution < 1.29 is 9.90 Å². The Kier molecular flexibility index (Phi) is 3.51. The van der Waals surface area contributed by atoms with Gasteiger partial charge in [-0.2, -0.15) is 0 Å². The summed E-state index contributed by atoms with van der Waals surface area (Å²) in [6.07, 6.45) is 2.11. The van der Waals surface area contributed by atoms with Gasteiger partial charge in [0.05, 0.1) is 5.56 Å². The molecule has 0 unspecified atom stereocenters. The van der Waals surface area contributed by atoms with Gasteiger partial charge >= 0.3 is 5.97 Å². The molecule has 2 heteroatoms. The second-order valence-corrected chi connectivity index (χ2v) is 4.70. The zero-order valence-corrected chi connectivity index (χ0v) is 9.58. The predicted molar refractivity (Wildman–Crippen MR) is 61.2 cm³/mol. The number of carboxylic acids is 1. The van der Waals surface area contributed by atoms with Gasteiger partial charge in [0.2, 0.25) is 0 Å². The summed E-state index contributed by atoms with van der Waals surface area (Å²) in [5.41, 5.74) is 1.84. The van der Waals surface area contributed by atoms with Crippen LogP contribution >= 0.6 is 0 Å². The number of carboxylic acid groups (broad SMARTS) is 1. The summed E-state index contributed by atoms with van der Waals surface area (Å²) in [6, 6.07) is 7.15. The monoisotopic (exact) mass is 206 g/mol. The fraction of sp³-hybridized carbons (Fsp3) is 0.462. The first-order valence-electron chi connectivity index (χ1n) is 5.27. The molecule has 0 saturated carbocycles. The van der Waals surface area contributed by atoms with Gasteiger partial charge in [-0.3, -0.25) is 0 Å². The maximum absolute atomic E-state index is 10.7. The normalized spacial score (nSPS) is 11.4. The van der Waals surface area contributed by atoms with E-state index in [-0.39, 0.29) is 5.41 Å². The van der Waals surface area contributed by atoms with Gasteiger partial charge in [-0.15, -0.1) is 0 Å². The highest BCUT2D eigenvalue weighted by Gasteiger charge is 2.15. The van der Waals surface area contributed by atoms with E-state index in [1.165, 1.54) is 5.56 Å². The number of hydrogen-bond acceptors (Lipinski definition) is 1. The summed E-state index contributed by atoms with van der Waals surface area (Å²) in [4.78, 5) is 10.7. The van der Waals surface area contributed by atoms with E-state index in [4.69, 9.17) is 5.11 Å². The Morgan fingerprint density at radius 2 is 1.80 bits per heavy atom. The second kappa shape index (κ2) is 4.47. The van der Waals surface area contributed by atoms with Gasteiger partial charge in [0.25, 0.3) is 0 Å². The van der Waals surface area contributed by atoms with Crippen LogP contribution in [0.3, 0.4) is 0 Å². The zero-order valence-electron chi connectivity index (χ0n) is 9.58. The fourth-order valence-electron chi connectivity index (χ4n) is 1.44. The molecule has 15 heavy (non-hydrogen) atoms. The highest BCUT2D eigenvalue weighted by atomic mass is 16.4. The summed E-state index contributed by atoms with van der Waals surface area (Å²) in [5, 5.41) is 8.75. The summed E-state index contributed by atoms with van der Waals surface area (Å²) >= 11 is 0. The van der Waals surface area contributed by atoms with Gasteiger partial charge in [0.15, 0.2) is 0 Å². The minimum absolute atomic E-state index is 0.282. The molecular weight excluding hydrogens is 188 g/mol. The molecule has 1 aromatic carbocycles. The molecule has 0 heterocycles. The van der Waals surface area contributed by atoms with Crippen LogP contribution in [0.25, 0.3) is 0 Å². The molecule has 0 saturated heterocycles. The lowest BCUT2D eigenvalue weighted by Crippen LogP contribution is -2.13. The van der Waals surface area contributed by atoms with E-state index in [1.807, 2.05) is 12.1 Å². The van der Waals surface area contributed by atoms with Crippen molar-refractivity contribution in [2.24, 2.45) is 5.41 Å². The van der Waals surface area contributed by atoms with Crippen molar-refractivity contribution >= 4 is 5.97 Å². The third-order valence-electron chi connectivity index (χ3n) is 2.84. The molecule has 1 rings (SSSR count). The Morgan fingerprint density at radius 3 is 2.20 bits per heavy atom. The average Bonchev–Trinajstić information content (AvgIpc) is 2.18. The van der Waals surface area contributed by atoms with Crippen molar-refractivity contribution in [1.82, 2.24) is 0 Å². The molecule has 2 nitrogen and oxygen atoms in total. The topological polar surface area (TPSA) is 37.3 Å². The van der Waals surface area contributed by atoms with Crippen LogP contribution < -0.4 is 0 Å². The van der Waals surface area contributed by atoms with Crippen LogP contribution in [0, 0.1) is 5.41 Å². The molecule has 0 amide bonds. The lowest BCUT2D eigenvalue weighted by atomic mass is 9.83. The van der Waals surface area contributed by atoms with Crippen LogP contribution in [0.5, 0.6) is 0 Å². The van der Waals surface area contributed by atoms with E-state index in [0.29, 0.717) is 5.56 Å². The van der Waals surface area contributed by atoms with E-state index >= 15 is 0 Å². The first-order chi connectivity index (χ1) is 6.94. The van der Waals surface area contributed by atoms with Crippen molar-refractivity contribution in [3.05, 3.63) is 35.4 Å². The van der Waals surface area contributed by atoms with Crippen molar-refractivity contribution in [2.75, 3.05) is 0 Å². The van der Waals surface area contributed by atoms with E-state index in [1.54, 1.807) is 12.1 Å². The molecule has 0 aromatic heterocycles. The summed E-state index contributed by atoms with van der Waals surface area (Å²) in [7, 11) is 0. The van der Waals surface area contributed by atoms with Gasteiger partial charge < -0.3 is 5.11 Å². The maximum Gasteiger partial charge on any atom is 0.335 e. The number of benzene rings is 1.